The summed E-state index contributed by atoms with van der Waals surface area (Å²) < 4.78 is 2.26. The Balaban J connectivity index is 1.22. The van der Waals surface area contributed by atoms with Gasteiger partial charge in [-0.05, 0) is 70.5 Å². The van der Waals surface area contributed by atoms with E-state index in [1.807, 2.05) is 12.3 Å². The molecule has 3 fully saturated rings. The van der Waals surface area contributed by atoms with Gasteiger partial charge in [-0.25, -0.2) is 4.98 Å². The van der Waals surface area contributed by atoms with Crippen LogP contribution in [0.15, 0.2) is 12.3 Å². The Bertz CT molecular complexity index is 980. The van der Waals surface area contributed by atoms with Crippen molar-refractivity contribution < 1.29 is 4.79 Å². The van der Waals surface area contributed by atoms with Crippen molar-refractivity contribution in [1.29, 1.82) is 0 Å². The van der Waals surface area contributed by atoms with Crippen LogP contribution in [0.25, 0.3) is 11.0 Å². The molecule has 2 aromatic heterocycles. The normalized spacial score (nSPS) is 28.4. The van der Waals surface area contributed by atoms with Crippen molar-refractivity contribution in [3.8, 4) is 0 Å². The number of rotatable bonds is 3. The minimum absolute atomic E-state index is 0.0183. The second-order valence-corrected chi connectivity index (χ2v) is 10.6. The molecule has 1 spiro atoms. The Morgan fingerprint density at radius 1 is 1.00 bits per heavy atom. The molecule has 0 bridgehead atoms. The maximum atomic E-state index is 12.6. The molecule has 7 heteroatoms. The number of nitrogens with zero attached hydrogens (tertiary/aromatic N) is 4. The van der Waals surface area contributed by atoms with Gasteiger partial charge >= 0.3 is 0 Å². The van der Waals surface area contributed by atoms with E-state index in [0.29, 0.717) is 6.04 Å². The largest absolute Gasteiger partial charge is 0.351 e. The van der Waals surface area contributed by atoms with Crippen molar-refractivity contribution in [1.82, 2.24) is 24.8 Å². The lowest BCUT2D eigenvalue weighted by Gasteiger charge is -2.43. The van der Waals surface area contributed by atoms with Crippen molar-refractivity contribution in [3.63, 3.8) is 0 Å². The molecule has 0 aromatic carbocycles. The monoisotopic (exact) mass is 436 g/mol. The van der Waals surface area contributed by atoms with E-state index in [2.05, 4.69) is 25.1 Å². The number of likely N-dealkylation sites (tertiary alicyclic amines) is 1. The Morgan fingerprint density at radius 3 is 2.53 bits per heavy atom. The van der Waals surface area contributed by atoms with Gasteiger partial charge in [0.25, 0.3) is 5.91 Å². The number of fused-ring (bicyclic) bond motifs is 4. The summed E-state index contributed by atoms with van der Waals surface area (Å²) in [5, 5.41) is 7.76. The summed E-state index contributed by atoms with van der Waals surface area (Å²) in [4.78, 5) is 25.0. The number of anilines is 1. The van der Waals surface area contributed by atoms with Crippen molar-refractivity contribution in [2.45, 2.75) is 94.7 Å². The highest BCUT2D eigenvalue weighted by atomic mass is 16.2. The average Bonchev–Trinajstić information content (AvgIpc) is 3.24. The Hall–Kier alpha value is -2.15. The smallest absolute Gasteiger partial charge is 0.268 e. The summed E-state index contributed by atoms with van der Waals surface area (Å²) in [6, 6.07) is 3.18. The van der Waals surface area contributed by atoms with E-state index >= 15 is 0 Å². The summed E-state index contributed by atoms with van der Waals surface area (Å²) in [7, 11) is 0. The molecule has 0 unspecified atom stereocenters. The number of amides is 1. The number of hydrogen-bond acceptors (Lipinski definition) is 5. The van der Waals surface area contributed by atoms with Gasteiger partial charge in [0.1, 0.15) is 11.3 Å². The summed E-state index contributed by atoms with van der Waals surface area (Å²) in [6.45, 7) is 3.30. The molecule has 2 saturated carbocycles. The second-order valence-electron chi connectivity index (χ2n) is 10.6. The fourth-order valence-electron chi connectivity index (χ4n) is 6.78. The molecule has 4 heterocycles. The summed E-state index contributed by atoms with van der Waals surface area (Å²) in [5.74, 6) is 0.738. The fraction of sp³-hybridized carbons (Fsp3) is 0.720. The zero-order chi connectivity index (χ0) is 21.5. The maximum Gasteiger partial charge on any atom is 0.268 e. The molecule has 1 amide bonds. The molecule has 7 nitrogen and oxygen atoms in total. The van der Waals surface area contributed by atoms with Crippen molar-refractivity contribution >= 4 is 22.9 Å². The van der Waals surface area contributed by atoms with Crippen LogP contribution >= 0.6 is 0 Å². The van der Waals surface area contributed by atoms with E-state index < -0.39 is 0 Å². The first-order valence-electron chi connectivity index (χ1n) is 12.9. The fourth-order valence-corrected chi connectivity index (χ4v) is 6.78. The van der Waals surface area contributed by atoms with Crippen LogP contribution in [0.5, 0.6) is 0 Å². The van der Waals surface area contributed by atoms with E-state index in [1.165, 1.54) is 77.3 Å². The Kier molecular flexibility index (Phi) is 5.32. The lowest BCUT2D eigenvalue weighted by Crippen LogP contribution is -2.52. The topological polar surface area (TPSA) is 75.1 Å². The van der Waals surface area contributed by atoms with Crippen LogP contribution in [-0.2, 0) is 5.54 Å². The highest BCUT2D eigenvalue weighted by Gasteiger charge is 2.41. The van der Waals surface area contributed by atoms with Gasteiger partial charge in [0.2, 0.25) is 5.95 Å². The summed E-state index contributed by atoms with van der Waals surface area (Å²) >= 11 is 0. The molecule has 1 saturated heterocycles. The SMILES string of the molecule is O=C1NCC2(CCCCC2)n2c1cc1cnc(NC3CCC(N4CCCCC4)CC3)nc12. The Labute approximate surface area is 190 Å². The van der Waals surface area contributed by atoms with Crippen LogP contribution in [0.2, 0.25) is 0 Å². The molecule has 2 aliphatic carbocycles. The van der Waals surface area contributed by atoms with Crippen molar-refractivity contribution in [2.24, 2.45) is 0 Å². The first-order chi connectivity index (χ1) is 15.7. The molecule has 2 aliphatic heterocycles. The Morgan fingerprint density at radius 2 is 1.75 bits per heavy atom. The predicted octanol–water partition coefficient (Wildman–Crippen LogP) is 4.04. The van der Waals surface area contributed by atoms with Crippen LogP contribution < -0.4 is 10.6 Å². The third-order valence-corrected chi connectivity index (χ3v) is 8.55. The van der Waals surface area contributed by atoms with Gasteiger partial charge < -0.3 is 20.1 Å². The second kappa shape index (κ2) is 8.32. The van der Waals surface area contributed by atoms with E-state index in [9.17, 15) is 4.79 Å². The maximum absolute atomic E-state index is 12.6. The van der Waals surface area contributed by atoms with Crippen LogP contribution in [0, 0.1) is 0 Å². The van der Waals surface area contributed by atoms with Crippen LogP contribution in [-0.4, -0.2) is 57.1 Å². The zero-order valence-corrected chi connectivity index (χ0v) is 19.1. The van der Waals surface area contributed by atoms with Crippen molar-refractivity contribution in [3.05, 3.63) is 18.0 Å². The van der Waals surface area contributed by atoms with Gasteiger partial charge in [-0.3, -0.25) is 4.79 Å². The minimum atomic E-state index is -0.0264. The molecule has 4 aliphatic rings. The zero-order valence-electron chi connectivity index (χ0n) is 19.1. The molecule has 6 rings (SSSR count). The molecule has 2 aromatic rings. The van der Waals surface area contributed by atoms with Crippen molar-refractivity contribution in [2.75, 3.05) is 25.0 Å². The highest BCUT2D eigenvalue weighted by molar-refractivity contribution is 5.99. The molecular weight excluding hydrogens is 400 g/mol. The number of carbonyl (C=O) groups excluding carboxylic acids is 1. The van der Waals surface area contributed by atoms with Crippen LogP contribution in [0.3, 0.4) is 0 Å². The lowest BCUT2D eigenvalue weighted by atomic mass is 9.80. The van der Waals surface area contributed by atoms with Crippen LogP contribution in [0.4, 0.5) is 5.95 Å². The molecule has 172 valence electrons. The predicted molar refractivity (Wildman–Crippen MR) is 126 cm³/mol. The van der Waals surface area contributed by atoms with Gasteiger partial charge in [-0.1, -0.05) is 25.7 Å². The molecule has 0 atom stereocenters. The van der Waals surface area contributed by atoms with Gasteiger partial charge in [-0.15, -0.1) is 0 Å². The van der Waals surface area contributed by atoms with E-state index in [-0.39, 0.29) is 11.4 Å². The average molecular weight is 437 g/mol. The number of aromatic nitrogens is 3. The number of hydrogen-bond donors (Lipinski definition) is 2. The first-order valence-corrected chi connectivity index (χ1v) is 12.9. The number of nitrogens with one attached hydrogen (secondary N) is 2. The summed E-state index contributed by atoms with van der Waals surface area (Å²) in [5.41, 5.74) is 1.65. The van der Waals surface area contributed by atoms with Crippen LogP contribution in [0.1, 0.15) is 87.5 Å². The van der Waals surface area contributed by atoms with Gasteiger partial charge in [-0.2, -0.15) is 4.98 Å². The lowest BCUT2D eigenvalue weighted by molar-refractivity contribution is 0.0833. The standard InChI is InChI=1S/C25H36N6O/c32-23-21-15-18-16-26-24(28-19-7-9-20(10-8-19)30-13-5-2-6-14-30)29-22(18)31(21)25(17-27-23)11-3-1-4-12-25/h15-16,19-20H,1-14,17H2,(H,27,32)(H,26,28,29). The minimum Gasteiger partial charge on any atom is -0.351 e. The molecular formula is C25H36N6O. The van der Waals surface area contributed by atoms with E-state index in [0.717, 1.165) is 48.1 Å². The molecule has 0 radical (unpaired) electrons. The van der Waals surface area contributed by atoms with Gasteiger partial charge in [0, 0.05) is 30.2 Å². The van der Waals surface area contributed by atoms with Gasteiger partial charge in [0.15, 0.2) is 0 Å². The highest BCUT2D eigenvalue weighted by Crippen LogP contribution is 2.40. The molecule has 32 heavy (non-hydrogen) atoms. The first kappa shape index (κ1) is 20.5. The summed E-state index contributed by atoms with van der Waals surface area (Å²) in [6.07, 6.45) is 16.9. The van der Waals surface area contributed by atoms with Gasteiger partial charge in [0.05, 0.1) is 5.54 Å². The van der Waals surface area contributed by atoms with E-state index in [1.54, 1.807) is 0 Å². The molecule has 2 N–H and O–H groups in total. The number of carbonyl (C=O) groups is 1. The quantitative estimate of drug-likeness (QED) is 0.759. The third-order valence-electron chi connectivity index (χ3n) is 8.55. The number of piperidine rings is 1. The van der Waals surface area contributed by atoms with E-state index in [4.69, 9.17) is 4.98 Å². The third kappa shape index (κ3) is 3.58.